The smallest absolute Gasteiger partial charge is 0.246 e. The van der Waals surface area contributed by atoms with Crippen molar-refractivity contribution in [2.45, 2.75) is 135 Å². The normalized spacial score (nSPS) is 20.0. The SMILES string of the molecule is Cc1ncsc1-c1ccc(CNC(=O)[C@@H]2C[C@@H](O)CN2C(=O)[C@@H](NC(=O)COCCc2ccc(CO[C@H](C)[C@H](CCC(N)=O)NC(=O)[C@@H]3Cc4cccc5c4N3C(=O)[C@@H](N)CC5)cc2)C(C)(C)C)cc1. The lowest BCUT2D eigenvalue weighted by Crippen LogP contribution is -2.58. The molecule has 4 aromatic rings. The zero-order chi connectivity index (χ0) is 50.3. The number of aryl methyl sites for hydroxylation is 2. The van der Waals surface area contributed by atoms with Crippen molar-refractivity contribution in [1.82, 2.24) is 25.8 Å². The number of ether oxygens (including phenoxy) is 2. The van der Waals surface area contributed by atoms with Gasteiger partial charge < -0.3 is 46.9 Å². The van der Waals surface area contributed by atoms with E-state index in [0.717, 1.165) is 49.6 Å². The van der Waals surface area contributed by atoms with E-state index in [1.54, 1.807) is 21.7 Å². The summed E-state index contributed by atoms with van der Waals surface area (Å²) in [5.41, 5.74) is 20.2. The van der Waals surface area contributed by atoms with E-state index >= 15 is 0 Å². The van der Waals surface area contributed by atoms with Gasteiger partial charge in [0, 0.05) is 32.4 Å². The topological polar surface area (TPSA) is 249 Å². The van der Waals surface area contributed by atoms with E-state index in [0.29, 0.717) is 25.7 Å². The lowest BCUT2D eigenvalue weighted by Gasteiger charge is -2.35. The van der Waals surface area contributed by atoms with Crippen LogP contribution >= 0.6 is 11.3 Å². The molecule has 1 saturated heterocycles. The molecule has 1 fully saturated rings. The molecule has 70 heavy (non-hydrogen) atoms. The number of aliphatic hydroxyl groups excluding tert-OH is 1. The van der Waals surface area contributed by atoms with Gasteiger partial charge in [-0.2, -0.15) is 0 Å². The minimum Gasteiger partial charge on any atom is -0.391 e. The van der Waals surface area contributed by atoms with E-state index < -0.39 is 65.6 Å². The van der Waals surface area contributed by atoms with Crippen LogP contribution in [0, 0.1) is 12.3 Å². The van der Waals surface area contributed by atoms with Crippen LogP contribution in [0.2, 0.25) is 0 Å². The maximum atomic E-state index is 14.1. The lowest BCUT2D eigenvalue weighted by molar-refractivity contribution is -0.144. The van der Waals surface area contributed by atoms with Crippen molar-refractivity contribution in [3.05, 3.63) is 106 Å². The van der Waals surface area contributed by atoms with Gasteiger partial charge in [-0.15, -0.1) is 11.3 Å². The van der Waals surface area contributed by atoms with E-state index in [1.165, 1.54) is 4.90 Å². The second-order valence-corrected chi connectivity index (χ2v) is 20.6. The first kappa shape index (κ1) is 51.8. The molecule has 0 radical (unpaired) electrons. The standard InChI is InChI=1S/C52H66N8O9S/c1-30-46(70-29-56-30)36-15-13-33(14-16-36)25-55-48(64)41-24-38(61)26-59(41)51(67)47(52(3,4)5)58-44(63)28-68-22-21-32-9-11-34(12-10-32)27-69-31(2)40(19-20-43(54)62)57-49(65)42-23-37-8-6-7-35-17-18-39(53)50(66)60(42)45(35)37/h6-16,29,31,38-42,47,61H,17-28,53H2,1-5H3,(H2,54,62)(H,55,64)(H,57,65)(H,58,63)/t31-,38-,39+,40+,41+,42+,47-/m1/s1. The van der Waals surface area contributed by atoms with E-state index in [1.807, 2.05) is 101 Å². The summed E-state index contributed by atoms with van der Waals surface area (Å²) in [6.45, 7) is 9.63. The van der Waals surface area contributed by atoms with E-state index in [9.17, 15) is 33.9 Å². The van der Waals surface area contributed by atoms with Gasteiger partial charge in [-0.3, -0.25) is 33.7 Å². The molecule has 7 atom stereocenters. The van der Waals surface area contributed by atoms with Crippen LogP contribution in [0.25, 0.3) is 10.4 Å². The Morgan fingerprint density at radius 3 is 2.33 bits per heavy atom. The molecule has 0 aliphatic carbocycles. The summed E-state index contributed by atoms with van der Waals surface area (Å²) < 4.78 is 12.0. The number of aliphatic hydroxyl groups is 1. The number of rotatable bonds is 20. The number of β-amino-alcohol motifs (C(OH)–C–C–N with tert-alkyl or cyclic N) is 1. The molecule has 0 bridgehead atoms. The van der Waals surface area contributed by atoms with Crippen LogP contribution in [0.5, 0.6) is 0 Å². The molecule has 3 aliphatic heterocycles. The molecule has 17 nitrogen and oxygen atoms in total. The number of likely N-dealkylation sites (tertiary alicyclic amines) is 1. The van der Waals surface area contributed by atoms with Crippen LogP contribution in [-0.2, 0) is 70.7 Å². The number of thiazole rings is 1. The molecular weight excluding hydrogens is 913 g/mol. The number of hydrogen-bond donors (Lipinski definition) is 6. The molecule has 4 heterocycles. The molecule has 3 aliphatic rings. The van der Waals surface area contributed by atoms with Crippen molar-refractivity contribution < 1.29 is 43.3 Å². The third-order valence-electron chi connectivity index (χ3n) is 13.4. The zero-order valence-corrected chi connectivity index (χ0v) is 41.4. The maximum Gasteiger partial charge on any atom is 0.246 e. The van der Waals surface area contributed by atoms with Crippen LogP contribution in [0.1, 0.15) is 86.9 Å². The molecule has 18 heteroatoms. The molecule has 374 valence electrons. The van der Waals surface area contributed by atoms with Gasteiger partial charge in [0.25, 0.3) is 0 Å². The first-order valence-electron chi connectivity index (χ1n) is 24.0. The van der Waals surface area contributed by atoms with Gasteiger partial charge in [-0.1, -0.05) is 87.5 Å². The Labute approximate surface area is 413 Å². The average Bonchev–Trinajstić information content (AvgIpc) is 4.05. The predicted octanol–water partition coefficient (Wildman–Crippen LogP) is 3.37. The number of aromatic nitrogens is 1. The number of nitrogens with one attached hydrogen (secondary N) is 3. The first-order chi connectivity index (χ1) is 33.4. The van der Waals surface area contributed by atoms with Crippen LogP contribution in [0.15, 0.2) is 72.2 Å². The Bertz CT molecular complexity index is 2530. The van der Waals surface area contributed by atoms with Crippen LogP contribution in [-0.4, -0.2) is 113 Å². The van der Waals surface area contributed by atoms with Gasteiger partial charge in [-0.25, -0.2) is 4.98 Å². The molecular formula is C52H66N8O9S. The molecule has 3 aromatic carbocycles. The van der Waals surface area contributed by atoms with Gasteiger partial charge in [-0.05, 0) is 78.3 Å². The molecule has 6 amide bonds. The predicted molar refractivity (Wildman–Crippen MR) is 265 cm³/mol. The van der Waals surface area contributed by atoms with Crippen molar-refractivity contribution >= 4 is 52.5 Å². The van der Waals surface area contributed by atoms with Crippen molar-refractivity contribution in [1.29, 1.82) is 0 Å². The van der Waals surface area contributed by atoms with Gasteiger partial charge in [0.15, 0.2) is 0 Å². The summed E-state index contributed by atoms with van der Waals surface area (Å²) >= 11 is 1.56. The minimum atomic E-state index is -0.989. The number of primary amides is 1. The molecule has 7 rings (SSSR count). The number of hydrogen-bond acceptors (Lipinski definition) is 12. The number of carbonyl (C=O) groups is 6. The highest BCUT2D eigenvalue weighted by Gasteiger charge is 2.45. The summed E-state index contributed by atoms with van der Waals surface area (Å²) in [6.07, 6.45) is 0.962. The van der Waals surface area contributed by atoms with Crippen molar-refractivity contribution in [2.75, 3.05) is 24.7 Å². The van der Waals surface area contributed by atoms with Crippen molar-refractivity contribution in [3.63, 3.8) is 0 Å². The number of carbonyl (C=O) groups excluding carboxylic acids is 6. The summed E-state index contributed by atoms with van der Waals surface area (Å²) in [5, 5.41) is 19.4. The fourth-order valence-corrected chi connectivity index (χ4v) is 10.2. The Kier molecular flexibility index (Phi) is 16.9. The number of amides is 6. The van der Waals surface area contributed by atoms with Crippen molar-refractivity contribution in [2.24, 2.45) is 16.9 Å². The Hall–Kier alpha value is -6.05. The summed E-state index contributed by atoms with van der Waals surface area (Å²) in [7, 11) is 0. The van der Waals surface area contributed by atoms with Crippen LogP contribution in [0.4, 0.5) is 5.69 Å². The highest BCUT2D eigenvalue weighted by Crippen LogP contribution is 2.39. The molecule has 1 aromatic heterocycles. The molecule has 8 N–H and O–H groups in total. The maximum absolute atomic E-state index is 14.1. The largest absolute Gasteiger partial charge is 0.391 e. The number of para-hydroxylation sites is 1. The Balaban J connectivity index is 0.860. The van der Waals surface area contributed by atoms with Gasteiger partial charge in [0.05, 0.1) is 59.3 Å². The Morgan fingerprint density at radius 1 is 0.943 bits per heavy atom. The monoisotopic (exact) mass is 978 g/mol. The van der Waals surface area contributed by atoms with E-state index in [2.05, 4.69) is 20.9 Å². The second-order valence-electron chi connectivity index (χ2n) is 19.7. The van der Waals surface area contributed by atoms with Crippen molar-refractivity contribution in [3.8, 4) is 10.4 Å². The zero-order valence-electron chi connectivity index (χ0n) is 40.6. The van der Waals surface area contributed by atoms with Gasteiger partial charge in [0.1, 0.15) is 24.7 Å². The number of nitrogens with zero attached hydrogens (tertiary/aromatic N) is 3. The lowest BCUT2D eigenvalue weighted by atomic mass is 9.85. The molecule has 0 saturated carbocycles. The minimum absolute atomic E-state index is 0.0331. The summed E-state index contributed by atoms with van der Waals surface area (Å²) in [4.78, 5) is 88.2. The highest BCUT2D eigenvalue weighted by molar-refractivity contribution is 7.13. The third-order valence-corrected chi connectivity index (χ3v) is 14.3. The van der Waals surface area contributed by atoms with Gasteiger partial charge >= 0.3 is 0 Å². The third kappa shape index (κ3) is 12.6. The van der Waals surface area contributed by atoms with Gasteiger partial charge in [0.2, 0.25) is 35.4 Å². The average molecular weight is 979 g/mol. The number of benzene rings is 3. The Morgan fingerprint density at radius 2 is 1.64 bits per heavy atom. The fourth-order valence-electron chi connectivity index (χ4n) is 9.35. The summed E-state index contributed by atoms with van der Waals surface area (Å²) in [6, 6.07) is 17.4. The quantitative estimate of drug-likeness (QED) is 0.0701. The number of anilines is 1. The molecule has 0 spiro atoms. The van der Waals surface area contributed by atoms with Crippen LogP contribution in [0.3, 0.4) is 0 Å². The van der Waals surface area contributed by atoms with E-state index in [-0.39, 0.29) is 69.9 Å². The highest BCUT2D eigenvalue weighted by atomic mass is 32.1. The van der Waals surface area contributed by atoms with Crippen LogP contribution < -0.4 is 32.3 Å². The number of nitrogens with two attached hydrogens (primary N) is 2. The summed E-state index contributed by atoms with van der Waals surface area (Å²) in [5.74, 6) is -2.46. The van der Waals surface area contributed by atoms with E-state index in [4.69, 9.17) is 20.9 Å². The first-order valence-corrected chi connectivity index (χ1v) is 24.9. The molecule has 0 unspecified atom stereocenters. The fraction of sp³-hybridized carbons (Fsp3) is 0.481. The second kappa shape index (κ2) is 22.8.